The maximum Gasteiger partial charge on any atom is 0.229 e. The van der Waals surface area contributed by atoms with Gasteiger partial charge in [-0.3, -0.25) is 4.79 Å². The fourth-order valence-electron chi connectivity index (χ4n) is 4.42. The predicted molar refractivity (Wildman–Crippen MR) is 135 cm³/mol. The Kier molecular flexibility index (Phi) is 5.60. The van der Waals surface area contributed by atoms with E-state index in [-0.39, 0.29) is 5.43 Å². The molecule has 1 aliphatic rings. The van der Waals surface area contributed by atoms with Gasteiger partial charge in [0.05, 0.1) is 15.4 Å². The number of nitrogens with zero attached hydrogens (tertiary/aromatic N) is 4. The third-order valence-corrected chi connectivity index (χ3v) is 6.88. The number of hydrogen-bond donors (Lipinski definition) is 1. The first kappa shape index (κ1) is 21.9. The molecule has 0 spiro atoms. The molecule has 2 heterocycles. The van der Waals surface area contributed by atoms with Gasteiger partial charge in [-0.1, -0.05) is 35.3 Å². The molecule has 2 aromatic heterocycles. The lowest BCUT2D eigenvalue weighted by Crippen LogP contribution is -2.27. The van der Waals surface area contributed by atoms with Crippen LogP contribution in [0.3, 0.4) is 0 Å². The van der Waals surface area contributed by atoms with Crippen LogP contribution in [0.4, 0.5) is 11.6 Å². The van der Waals surface area contributed by atoms with E-state index in [1.54, 1.807) is 35.2 Å². The van der Waals surface area contributed by atoms with Gasteiger partial charge in [0.25, 0.3) is 0 Å². The van der Waals surface area contributed by atoms with Crippen LogP contribution < -0.4 is 10.7 Å². The van der Waals surface area contributed by atoms with Gasteiger partial charge in [0.1, 0.15) is 5.65 Å². The number of pyridine rings is 1. The van der Waals surface area contributed by atoms with E-state index >= 15 is 0 Å². The first-order chi connectivity index (χ1) is 15.8. The first-order valence-electron chi connectivity index (χ1n) is 10.7. The van der Waals surface area contributed by atoms with Crippen molar-refractivity contribution in [3.63, 3.8) is 0 Å². The Morgan fingerprint density at radius 2 is 1.82 bits per heavy atom. The third kappa shape index (κ3) is 3.99. The molecule has 0 saturated heterocycles. The fourth-order valence-corrected chi connectivity index (χ4v) is 5.02. The molecule has 1 unspecified atom stereocenters. The second-order valence-electron chi connectivity index (χ2n) is 8.64. The Morgan fingerprint density at radius 1 is 1.09 bits per heavy atom. The van der Waals surface area contributed by atoms with Crippen LogP contribution in [0.25, 0.3) is 22.2 Å². The molecule has 2 aromatic carbocycles. The van der Waals surface area contributed by atoms with Crippen LogP contribution in [0, 0.1) is 0 Å². The molecule has 4 aromatic rings. The highest BCUT2D eigenvalue weighted by atomic mass is 35.5. The Morgan fingerprint density at radius 3 is 2.55 bits per heavy atom. The van der Waals surface area contributed by atoms with Gasteiger partial charge in [-0.25, -0.2) is 4.98 Å². The number of benzene rings is 2. The highest BCUT2D eigenvalue weighted by Gasteiger charge is 2.23. The van der Waals surface area contributed by atoms with E-state index in [1.165, 1.54) is 11.1 Å². The van der Waals surface area contributed by atoms with Crippen LogP contribution in [-0.4, -0.2) is 39.6 Å². The van der Waals surface area contributed by atoms with Gasteiger partial charge >= 0.3 is 0 Å². The maximum absolute atomic E-state index is 13.2. The molecule has 8 heteroatoms. The summed E-state index contributed by atoms with van der Waals surface area (Å²) >= 11 is 12.7. The average Bonchev–Trinajstić information content (AvgIpc) is 3.21. The van der Waals surface area contributed by atoms with E-state index < -0.39 is 0 Å². The van der Waals surface area contributed by atoms with Crippen LogP contribution in [0.15, 0.2) is 53.6 Å². The van der Waals surface area contributed by atoms with Crippen LogP contribution >= 0.6 is 23.2 Å². The largest absolute Gasteiger partial charge is 0.335 e. The number of nitrogens with one attached hydrogen (secondary N) is 1. The third-order valence-electron chi connectivity index (χ3n) is 6.25. The van der Waals surface area contributed by atoms with Crippen molar-refractivity contribution >= 4 is 45.9 Å². The number of anilines is 2. The highest BCUT2D eigenvalue weighted by Crippen LogP contribution is 2.33. The number of halogens is 2. The Hall–Kier alpha value is -2.93. The number of hydrogen-bond acceptors (Lipinski definition) is 5. The molecule has 1 aliphatic carbocycles. The molecule has 168 valence electrons. The minimum atomic E-state index is -0.211. The summed E-state index contributed by atoms with van der Waals surface area (Å²) in [7, 11) is 6.08. The summed E-state index contributed by atoms with van der Waals surface area (Å²) < 4.78 is 1.79. The van der Waals surface area contributed by atoms with Crippen molar-refractivity contribution in [2.45, 2.75) is 18.9 Å². The molecule has 5 rings (SSSR count). The molecular weight excluding hydrogens is 457 g/mol. The van der Waals surface area contributed by atoms with Crippen LogP contribution in [0.5, 0.6) is 0 Å². The molecule has 0 radical (unpaired) electrons. The number of likely N-dealkylation sites (N-methyl/N-ethyl adjacent to an activating group) is 1. The topological polar surface area (TPSA) is 63.1 Å². The van der Waals surface area contributed by atoms with E-state index in [9.17, 15) is 4.79 Å². The second kappa shape index (κ2) is 8.45. The highest BCUT2D eigenvalue weighted by molar-refractivity contribution is 6.39. The number of aryl methyl sites for hydroxylation is 1. The van der Waals surface area contributed by atoms with Crippen molar-refractivity contribution in [1.29, 1.82) is 0 Å². The summed E-state index contributed by atoms with van der Waals surface area (Å²) in [6.07, 6.45) is 5.36. The molecule has 33 heavy (non-hydrogen) atoms. The summed E-state index contributed by atoms with van der Waals surface area (Å²) in [5.74, 6) is 0.433. The van der Waals surface area contributed by atoms with E-state index in [0.717, 1.165) is 18.5 Å². The molecule has 0 amide bonds. The van der Waals surface area contributed by atoms with Crippen molar-refractivity contribution < 1.29 is 0 Å². The van der Waals surface area contributed by atoms with Gasteiger partial charge in [0.15, 0.2) is 0 Å². The zero-order valence-corrected chi connectivity index (χ0v) is 20.1. The van der Waals surface area contributed by atoms with Gasteiger partial charge in [-0.2, -0.15) is 4.98 Å². The van der Waals surface area contributed by atoms with Gasteiger partial charge in [0.2, 0.25) is 11.4 Å². The molecule has 1 N–H and O–H groups in total. The lowest BCUT2D eigenvalue weighted by molar-refractivity contribution is 0.303. The fraction of sp³-hybridized carbons (Fsp3) is 0.240. The summed E-state index contributed by atoms with van der Waals surface area (Å²) in [4.78, 5) is 24.5. The molecule has 1 atom stereocenters. The minimum absolute atomic E-state index is 0.211. The quantitative estimate of drug-likeness (QED) is 0.442. The minimum Gasteiger partial charge on any atom is -0.335 e. The molecule has 0 fully saturated rings. The molecule has 0 aliphatic heterocycles. The Bertz CT molecular complexity index is 1430. The smallest absolute Gasteiger partial charge is 0.229 e. The first-order valence-corrected chi connectivity index (χ1v) is 11.4. The van der Waals surface area contributed by atoms with Crippen molar-refractivity contribution in [3.05, 3.63) is 80.2 Å². The van der Waals surface area contributed by atoms with E-state index in [2.05, 4.69) is 46.4 Å². The molecule has 0 saturated carbocycles. The lowest BCUT2D eigenvalue weighted by atomic mass is 10.1. The summed E-state index contributed by atoms with van der Waals surface area (Å²) in [5, 5.41) is 4.53. The van der Waals surface area contributed by atoms with Gasteiger partial charge in [0, 0.05) is 42.3 Å². The van der Waals surface area contributed by atoms with Crippen molar-refractivity contribution in [3.8, 4) is 11.1 Å². The van der Waals surface area contributed by atoms with Gasteiger partial charge in [-0.15, -0.1) is 0 Å². The number of aromatic nitrogens is 3. The maximum atomic E-state index is 13.2. The summed E-state index contributed by atoms with van der Waals surface area (Å²) in [6, 6.07) is 12.1. The van der Waals surface area contributed by atoms with Crippen molar-refractivity contribution in [2.75, 3.05) is 19.4 Å². The summed E-state index contributed by atoms with van der Waals surface area (Å²) in [6.45, 7) is 0. The molecule has 6 nitrogen and oxygen atoms in total. The normalized spacial score (nSPS) is 15.3. The predicted octanol–water partition coefficient (Wildman–Crippen LogP) is 5.07. The lowest BCUT2D eigenvalue weighted by Gasteiger charge is -2.17. The van der Waals surface area contributed by atoms with E-state index in [1.807, 2.05) is 13.1 Å². The molecule has 0 bridgehead atoms. The Labute approximate surface area is 201 Å². The Balaban J connectivity index is 1.50. The average molecular weight is 480 g/mol. The van der Waals surface area contributed by atoms with Crippen LogP contribution in [0.1, 0.15) is 11.1 Å². The van der Waals surface area contributed by atoms with Crippen LogP contribution in [-0.2, 0) is 19.9 Å². The zero-order valence-electron chi connectivity index (χ0n) is 18.6. The summed E-state index contributed by atoms with van der Waals surface area (Å²) in [5.41, 5.74) is 4.89. The van der Waals surface area contributed by atoms with Crippen molar-refractivity contribution in [2.24, 2.45) is 7.05 Å². The zero-order chi connectivity index (χ0) is 23.3. The van der Waals surface area contributed by atoms with E-state index in [0.29, 0.717) is 44.2 Å². The van der Waals surface area contributed by atoms with Gasteiger partial charge in [-0.05, 0) is 62.3 Å². The van der Waals surface area contributed by atoms with Gasteiger partial charge < -0.3 is 14.8 Å². The van der Waals surface area contributed by atoms with E-state index in [4.69, 9.17) is 23.2 Å². The van der Waals surface area contributed by atoms with Crippen LogP contribution in [0.2, 0.25) is 10.0 Å². The van der Waals surface area contributed by atoms with Crippen molar-refractivity contribution in [1.82, 2.24) is 19.4 Å². The SMILES string of the molecule is CN(C)C1Cc2ccc(Nc3ncc4c(=O)c(-c5c(Cl)cccc5Cl)cn(C)c4n3)cc2C1. The molecular formula is C25H23Cl2N5O. The second-order valence-corrected chi connectivity index (χ2v) is 9.46. The number of rotatable bonds is 4. The monoisotopic (exact) mass is 479 g/mol. The number of fused-ring (bicyclic) bond motifs is 2. The standard InChI is InChI=1S/C25H23Cl2N5O/c1-31(2)17-10-14-7-8-16(9-15(14)11-17)29-25-28-12-18-23(33)19(13-32(3)24(18)30-25)22-20(26)5-4-6-21(22)27/h4-9,12-13,17H,10-11H2,1-3H3,(H,28,29,30).